The van der Waals surface area contributed by atoms with Gasteiger partial charge in [-0.3, -0.25) is 4.79 Å². The Morgan fingerprint density at radius 3 is 2.09 bits per heavy atom. The van der Waals surface area contributed by atoms with Crippen molar-refractivity contribution in [3.63, 3.8) is 0 Å². The third kappa shape index (κ3) is 4.54. The highest BCUT2D eigenvalue weighted by molar-refractivity contribution is 6.44. The van der Waals surface area contributed by atoms with Gasteiger partial charge in [-0.1, -0.05) is 52.5 Å². The molecule has 0 heterocycles. The van der Waals surface area contributed by atoms with Crippen LogP contribution in [0.2, 0.25) is 15.1 Å². The maximum Gasteiger partial charge on any atom is 0.243 e. The Morgan fingerprint density at radius 2 is 1.48 bits per heavy atom. The standard InChI is InChI=1S/C17H17Cl3N2O/c1-9-4-10(2)17(11(3)5-9)22-16(23)8-21-15-7-13(19)12(18)6-14(15)20/h4-7,21H,8H2,1-3H3,(H,22,23). The Bertz CT molecular complexity index is 737. The van der Waals surface area contributed by atoms with Crippen LogP contribution in [0.15, 0.2) is 24.3 Å². The van der Waals surface area contributed by atoms with Crippen molar-refractivity contribution >= 4 is 52.1 Å². The van der Waals surface area contributed by atoms with Crippen LogP contribution in [0.5, 0.6) is 0 Å². The average Bonchev–Trinajstić information content (AvgIpc) is 2.45. The van der Waals surface area contributed by atoms with Crippen LogP contribution in [0, 0.1) is 20.8 Å². The molecule has 6 heteroatoms. The van der Waals surface area contributed by atoms with E-state index in [2.05, 4.69) is 10.6 Å². The topological polar surface area (TPSA) is 41.1 Å². The maximum absolute atomic E-state index is 12.2. The lowest BCUT2D eigenvalue weighted by Gasteiger charge is -2.14. The number of amides is 1. The van der Waals surface area contributed by atoms with Gasteiger partial charge in [-0.15, -0.1) is 0 Å². The van der Waals surface area contributed by atoms with E-state index >= 15 is 0 Å². The third-order valence-corrected chi connectivity index (χ3v) is 4.43. The minimum Gasteiger partial charge on any atom is -0.375 e. The molecule has 0 atom stereocenters. The summed E-state index contributed by atoms with van der Waals surface area (Å²) in [6.45, 7) is 6.04. The molecule has 2 N–H and O–H groups in total. The van der Waals surface area contributed by atoms with Gasteiger partial charge in [-0.2, -0.15) is 0 Å². The second-order valence-electron chi connectivity index (χ2n) is 5.42. The molecule has 0 aliphatic rings. The zero-order valence-corrected chi connectivity index (χ0v) is 15.3. The first-order chi connectivity index (χ1) is 10.8. The fourth-order valence-electron chi connectivity index (χ4n) is 2.39. The van der Waals surface area contributed by atoms with Gasteiger partial charge in [0.1, 0.15) is 0 Å². The summed E-state index contributed by atoms with van der Waals surface area (Å²) in [6.07, 6.45) is 0. The summed E-state index contributed by atoms with van der Waals surface area (Å²) >= 11 is 17.9. The highest BCUT2D eigenvalue weighted by Gasteiger charge is 2.10. The molecule has 122 valence electrons. The van der Waals surface area contributed by atoms with Crippen molar-refractivity contribution in [2.24, 2.45) is 0 Å². The maximum atomic E-state index is 12.2. The van der Waals surface area contributed by atoms with Crippen molar-refractivity contribution in [2.45, 2.75) is 20.8 Å². The first kappa shape index (κ1) is 17.9. The summed E-state index contributed by atoms with van der Waals surface area (Å²) in [4.78, 5) is 12.2. The van der Waals surface area contributed by atoms with Crippen molar-refractivity contribution in [1.29, 1.82) is 0 Å². The SMILES string of the molecule is Cc1cc(C)c(NC(=O)CNc2cc(Cl)c(Cl)cc2Cl)c(C)c1. The molecule has 0 aliphatic heterocycles. The zero-order chi connectivity index (χ0) is 17.1. The minimum absolute atomic E-state index is 0.0738. The van der Waals surface area contributed by atoms with Gasteiger partial charge >= 0.3 is 0 Å². The third-order valence-electron chi connectivity index (χ3n) is 3.39. The number of hydrogen-bond acceptors (Lipinski definition) is 2. The second-order valence-corrected chi connectivity index (χ2v) is 6.64. The number of anilines is 2. The quantitative estimate of drug-likeness (QED) is 0.685. The van der Waals surface area contributed by atoms with Crippen molar-refractivity contribution < 1.29 is 4.79 Å². The Hall–Kier alpha value is -1.42. The number of hydrogen-bond donors (Lipinski definition) is 2. The van der Waals surface area contributed by atoms with Crippen molar-refractivity contribution in [2.75, 3.05) is 17.2 Å². The lowest BCUT2D eigenvalue weighted by molar-refractivity contribution is -0.114. The van der Waals surface area contributed by atoms with E-state index in [1.54, 1.807) is 12.1 Å². The highest BCUT2D eigenvalue weighted by atomic mass is 35.5. The molecule has 0 spiro atoms. The van der Waals surface area contributed by atoms with Gasteiger partial charge in [0.25, 0.3) is 0 Å². The molecule has 2 aromatic rings. The molecule has 2 rings (SSSR count). The lowest BCUT2D eigenvalue weighted by atomic mass is 10.1. The Balaban J connectivity index is 2.05. The molecule has 0 aromatic heterocycles. The van der Waals surface area contributed by atoms with Gasteiger partial charge < -0.3 is 10.6 Å². The van der Waals surface area contributed by atoms with Crippen LogP contribution in [0.3, 0.4) is 0 Å². The second kappa shape index (κ2) is 7.43. The fourth-order valence-corrected chi connectivity index (χ4v) is 3.01. The molecular formula is C17H17Cl3N2O. The zero-order valence-electron chi connectivity index (χ0n) is 13.1. The van der Waals surface area contributed by atoms with Crippen LogP contribution in [-0.4, -0.2) is 12.5 Å². The average molecular weight is 372 g/mol. The van der Waals surface area contributed by atoms with E-state index < -0.39 is 0 Å². The van der Waals surface area contributed by atoms with Gasteiger partial charge in [0.05, 0.1) is 27.3 Å². The molecule has 0 bridgehead atoms. The first-order valence-corrected chi connectivity index (χ1v) is 8.17. The van der Waals surface area contributed by atoms with Crippen LogP contribution in [0.1, 0.15) is 16.7 Å². The molecule has 0 aliphatic carbocycles. The van der Waals surface area contributed by atoms with E-state index in [1.165, 1.54) is 5.56 Å². The van der Waals surface area contributed by atoms with Crippen LogP contribution in [-0.2, 0) is 4.79 Å². The largest absolute Gasteiger partial charge is 0.375 e. The first-order valence-electron chi connectivity index (χ1n) is 7.04. The number of nitrogens with one attached hydrogen (secondary N) is 2. The van der Waals surface area contributed by atoms with E-state index in [9.17, 15) is 4.79 Å². The van der Waals surface area contributed by atoms with E-state index in [0.29, 0.717) is 20.8 Å². The predicted molar refractivity (Wildman–Crippen MR) is 99.2 cm³/mol. The number of benzene rings is 2. The summed E-state index contributed by atoms with van der Waals surface area (Å²) < 4.78 is 0. The van der Waals surface area contributed by atoms with E-state index in [0.717, 1.165) is 16.8 Å². The van der Waals surface area contributed by atoms with E-state index in [4.69, 9.17) is 34.8 Å². The van der Waals surface area contributed by atoms with Gasteiger partial charge in [0.15, 0.2) is 0 Å². The normalized spacial score (nSPS) is 10.5. The number of carbonyl (C=O) groups excluding carboxylic acids is 1. The van der Waals surface area contributed by atoms with Crippen LogP contribution in [0.4, 0.5) is 11.4 Å². The van der Waals surface area contributed by atoms with Crippen molar-refractivity contribution in [3.8, 4) is 0 Å². The molecule has 0 saturated carbocycles. The predicted octanol–water partition coefficient (Wildman–Crippen LogP) is 5.62. The minimum atomic E-state index is -0.165. The molecular weight excluding hydrogens is 355 g/mol. The number of halogens is 3. The van der Waals surface area contributed by atoms with Gasteiger partial charge in [-0.25, -0.2) is 0 Å². The van der Waals surface area contributed by atoms with Crippen molar-refractivity contribution in [1.82, 2.24) is 0 Å². The fraction of sp³-hybridized carbons (Fsp3) is 0.235. The number of rotatable bonds is 4. The van der Waals surface area contributed by atoms with Gasteiger partial charge in [-0.05, 0) is 44.0 Å². The monoisotopic (exact) mass is 370 g/mol. The molecule has 3 nitrogen and oxygen atoms in total. The van der Waals surface area contributed by atoms with Gasteiger partial charge in [0, 0.05) is 5.69 Å². The molecule has 0 saturated heterocycles. The van der Waals surface area contributed by atoms with E-state index in [-0.39, 0.29) is 12.5 Å². The molecule has 0 radical (unpaired) electrons. The Morgan fingerprint density at radius 1 is 0.913 bits per heavy atom. The smallest absolute Gasteiger partial charge is 0.243 e. The molecule has 0 fully saturated rings. The summed E-state index contributed by atoms with van der Waals surface area (Å²) in [5, 5.41) is 7.05. The van der Waals surface area contributed by atoms with Gasteiger partial charge in [0.2, 0.25) is 5.91 Å². The van der Waals surface area contributed by atoms with Crippen LogP contribution in [0.25, 0.3) is 0 Å². The Labute approximate surface area is 150 Å². The van der Waals surface area contributed by atoms with E-state index in [1.807, 2.05) is 32.9 Å². The molecule has 23 heavy (non-hydrogen) atoms. The van der Waals surface area contributed by atoms with Crippen LogP contribution >= 0.6 is 34.8 Å². The molecule has 1 amide bonds. The van der Waals surface area contributed by atoms with Crippen LogP contribution < -0.4 is 10.6 Å². The number of aryl methyl sites for hydroxylation is 3. The summed E-state index contributed by atoms with van der Waals surface area (Å²) in [5.41, 5.74) is 4.63. The summed E-state index contributed by atoms with van der Waals surface area (Å²) in [5.74, 6) is -0.165. The highest BCUT2D eigenvalue weighted by Crippen LogP contribution is 2.32. The van der Waals surface area contributed by atoms with Crippen molar-refractivity contribution in [3.05, 3.63) is 56.0 Å². The summed E-state index contributed by atoms with van der Waals surface area (Å²) in [6, 6.07) is 7.21. The summed E-state index contributed by atoms with van der Waals surface area (Å²) in [7, 11) is 0. The lowest BCUT2D eigenvalue weighted by Crippen LogP contribution is -2.22. The number of carbonyl (C=O) groups is 1. The molecule has 2 aromatic carbocycles. The molecule has 0 unspecified atom stereocenters. The Kier molecular flexibility index (Phi) is 5.79.